The lowest BCUT2D eigenvalue weighted by molar-refractivity contribution is -0.120. The van der Waals surface area contributed by atoms with Crippen LogP contribution in [0.5, 0.6) is 0 Å². The predicted molar refractivity (Wildman–Crippen MR) is 76.6 cm³/mol. The number of piperidine rings is 1. The third-order valence-corrected chi connectivity index (χ3v) is 3.95. The second kappa shape index (κ2) is 5.75. The smallest absolute Gasteiger partial charge is 0.253 e. The average Bonchev–Trinajstić information content (AvgIpc) is 2.47. The molecule has 0 bridgehead atoms. The molecule has 0 aromatic heterocycles. The standard InChI is InChI=1S/C16H21NO3/c1-16(2,20-3)13-6-4-12(5-7-13)15(19)17-10-8-14(18)9-11-17/h4-7H,8-11H2,1-3H3. The summed E-state index contributed by atoms with van der Waals surface area (Å²) in [5.74, 6) is 0.241. The van der Waals surface area contributed by atoms with Crippen LogP contribution in [0.25, 0.3) is 0 Å². The van der Waals surface area contributed by atoms with Crippen molar-refractivity contribution in [3.05, 3.63) is 35.4 Å². The molecule has 1 amide bonds. The van der Waals surface area contributed by atoms with Gasteiger partial charge in [0, 0.05) is 38.6 Å². The summed E-state index contributed by atoms with van der Waals surface area (Å²) in [5.41, 5.74) is 1.33. The van der Waals surface area contributed by atoms with Crippen LogP contribution < -0.4 is 0 Å². The number of hydrogen-bond donors (Lipinski definition) is 0. The van der Waals surface area contributed by atoms with Gasteiger partial charge in [-0.05, 0) is 31.5 Å². The third kappa shape index (κ3) is 3.07. The van der Waals surface area contributed by atoms with Crippen LogP contribution in [0.15, 0.2) is 24.3 Å². The number of rotatable bonds is 3. The number of ketones is 1. The largest absolute Gasteiger partial charge is 0.374 e. The summed E-state index contributed by atoms with van der Waals surface area (Å²) >= 11 is 0. The van der Waals surface area contributed by atoms with Crippen LogP contribution in [0.1, 0.15) is 42.6 Å². The van der Waals surface area contributed by atoms with Crippen molar-refractivity contribution < 1.29 is 14.3 Å². The number of carbonyl (C=O) groups excluding carboxylic acids is 2. The number of carbonyl (C=O) groups is 2. The molecule has 4 nitrogen and oxygen atoms in total. The van der Waals surface area contributed by atoms with E-state index in [9.17, 15) is 9.59 Å². The molecule has 0 unspecified atom stereocenters. The molecule has 1 aromatic carbocycles. The van der Waals surface area contributed by atoms with E-state index in [2.05, 4.69) is 0 Å². The van der Waals surface area contributed by atoms with Gasteiger partial charge in [-0.1, -0.05) is 12.1 Å². The molecule has 1 heterocycles. The molecule has 20 heavy (non-hydrogen) atoms. The molecule has 4 heteroatoms. The molecule has 2 rings (SSSR count). The summed E-state index contributed by atoms with van der Waals surface area (Å²) in [4.78, 5) is 25.3. The van der Waals surface area contributed by atoms with Gasteiger partial charge in [0.05, 0.1) is 5.60 Å². The lowest BCUT2D eigenvalue weighted by atomic mass is 9.96. The zero-order valence-corrected chi connectivity index (χ0v) is 12.3. The molecule has 0 radical (unpaired) electrons. The molecule has 1 aliphatic heterocycles. The van der Waals surface area contributed by atoms with Crippen LogP contribution in [-0.4, -0.2) is 36.8 Å². The normalized spacial score (nSPS) is 16.4. The van der Waals surface area contributed by atoms with Gasteiger partial charge < -0.3 is 9.64 Å². The molecule has 1 aromatic rings. The van der Waals surface area contributed by atoms with Gasteiger partial charge in [0.2, 0.25) is 0 Å². The Kier molecular flexibility index (Phi) is 4.23. The molecular weight excluding hydrogens is 254 g/mol. The number of nitrogens with zero attached hydrogens (tertiary/aromatic N) is 1. The monoisotopic (exact) mass is 275 g/mol. The van der Waals surface area contributed by atoms with E-state index in [-0.39, 0.29) is 17.3 Å². The number of Topliss-reactive ketones (excluding diaryl/α,β-unsaturated/α-hetero) is 1. The first-order chi connectivity index (χ1) is 9.44. The number of ether oxygens (including phenoxy) is 1. The Morgan fingerprint density at radius 1 is 1.15 bits per heavy atom. The van der Waals surface area contributed by atoms with E-state index in [1.54, 1.807) is 12.0 Å². The predicted octanol–water partition coefficient (Wildman–Crippen LogP) is 2.37. The molecule has 108 valence electrons. The summed E-state index contributed by atoms with van der Waals surface area (Å²) in [5, 5.41) is 0. The Labute approximate surface area is 119 Å². The van der Waals surface area contributed by atoms with Gasteiger partial charge in [0.15, 0.2) is 0 Å². The second-order valence-corrected chi connectivity index (χ2v) is 5.62. The van der Waals surface area contributed by atoms with E-state index in [0.717, 1.165) is 5.56 Å². The van der Waals surface area contributed by atoms with Crippen molar-refractivity contribution in [2.24, 2.45) is 0 Å². The Balaban J connectivity index is 2.10. The summed E-state index contributed by atoms with van der Waals surface area (Å²) < 4.78 is 5.42. The molecule has 0 N–H and O–H groups in total. The zero-order chi connectivity index (χ0) is 14.8. The van der Waals surface area contributed by atoms with Crippen LogP contribution in [-0.2, 0) is 15.1 Å². The first kappa shape index (κ1) is 14.7. The van der Waals surface area contributed by atoms with Gasteiger partial charge in [-0.15, -0.1) is 0 Å². The fourth-order valence-electron chi connectivity index (χ4n) is 2.27. The molecule has 0 atom stereocenters. The number of methoxy groups -OCH3 is 1. The second-order valence-electron chi connectivity index (χ2n) is 5.62. The highest BCUT2D eigenvalue weighted by Crippen LogP contribution is 2.24. The third-order valence-electron chi connectivity index (χ3n) is 3.95. The maximum Gasteiger partial charge on any atom is 0.253 e. The van der Waals surface area contributed by atoms with Crippen molar-refractivity contribution in [2.45, 2.75) is 32.3 Å². The lowest BCUT2D eigenvalue weighted by Crippen LogP contribution is -2.38. The van der Waals surface area contributed by atoms with Gasteiger partial charge >= 0.3 is 0 Å². The summed E-state index contributed by atoms with van der Waals surface area (Å²) in [7, 11) is 1.67. The van der Waals surface area contributed by atoms with Gasteiger partial charge in [0.1, 0.15) is 5.78 Å². The first-order valence-corrected chi connectivity index (χ1v) is 6.91. The van der Waals surface area contributed by atoms with Crippen molar-refractivity contribution in [3.63, 3.8) is 0 Å². The first-order valence-electron chi connectivity index (χ1n) is 6.91. The molecule has 0 aliphatic carbocycles. The summed E-state index contributed by atoms with van der Waals surface area (Å²) in [6.07, 6.45) is 0.945. The average molecular weight is 275 g/mol. The van der Waals surface area contributed by atoms with E-state index >= 15 is 0 Å². The van der Waals surface area contributed by atoms with Gasteiger partial charge in [0.25, 0.3) is 5.91 Å². The number of amides is 1. The van der Waals surface area contributed by atoms with Crippen LogP contribution >= 0.6 is 0 Å². The number of benzene rings is 1. The maximum absolute atomic E-state index is 12.3. The Bertz CT molecular complexity index is 495. The Morgan fingerprint density at radius 2 is 1.70 bits per heavy atom. The summed E-state index contributed by atoms with van der Waals surface area (Å²) in [6.45, 7) is 5.03. The summed E-state index contributed by atoms with van der Waals surface area (Å²) in [6, 6.07) is 7.50. The molecule has 0 spiro atoms. The Morgan fingerprint density at radius 3 is 2.20 bits per heavy atom. The van der Waals surface area contributed by atoms with Crippen LogP contribution in [0, 0.1) is 0 Å². The highest BCUT2D eigenvalue weighted by atomic mass is 16.5. The van der Waals surface area contributed by atoms with Gasteiger partial charge in [-0.25, -0.2) is 0 Å². The van der Waals surface area contributed by atoms with E-state index in [0.29, 0.717) is 31.5 Å². The highest BCUT2D eigenvalue weighted by Gasteiger charge is 2.23. The molecule has 1 saturated heterocycles. The lowest BCUT2D eigenvalue weighted by Gasteiger charge is -2.27. The minimum Gasteiger partial charge on any atom is -0.374 e. The van der Waals surface area contributed by atoms with E-state index in [1.165, 1.54) is 0 Å². The van der Waals surface area contributed by atoms with E-state index < -0.39 is 0 Å². The molecule has 1 fully saturated rings. The van der Waals surface area contributed by atoms with Crippen molar-refractivity contribution in [1.29, 1.82) is 0 Å². The van der Waals surface area contributed by atoms with Crippen molar-refractivity contribution in [3.8, 4) is 0 Å². The van der Waals surface area contributed by atoms with Crippen molar-refractivity contribution >= 4 is 11.7 Å². The molecule has 0 saturated carbocycles. The van der Waals surface area contributed by atoms with Crippen LogP contribution in [0.4, 0.5) is 0 Å². The van der Waals surface area contributed by atoms with Gasteiger partial charge in [-0.3, -0.25) is 9.59 Å². The van der Waals surface area contributed by atoms with E-state index in [1.807, 2.05) is 38.1 Å². The highest BCUT2D eigenvalue weighted by molar-refractivity contribution is 5.95. The quantitative estimate of drug-likeness (QED) is 0.851. The van der Waals surface area contributed by atoms with Crippen LogP contribution in [0.3, 0.4) is 0 Å². The topological polar surface area (TPSA) is 46.6 Å². The zero-order valence-electron chi connectivity index (χ0n) is 12.3. The minimum absolute atomic E-state index is 0.000673. The van der Waals surface area contributed by atoms with Gasteiger partial charge in [-0.2, -0.15) is 0 Å². The van der Waals surface area contributed by atoms with Crippen LogP contribution in [0.2, 0.25) is 0 Å². The minimum atomic E-state index is -0.362. The van der Waals surface area contributed by atoms with Crippen molar-refractivity contribution in [2.75, 3.05) is 20.2 Å². The SMILES string of the molecule is COC(C)(C)c1ccc(C(=O)N2CCC(=O)CC2)cc1. The fourth-order valence-corrected chi connectivity index (χ4v) is 2.27. The maximum atomic E-state index is 12.3. The molecule has 1 aliphatic rings. The van der Waals surface area contributed by atoms with Crippen molar-refractivity contribution in [1.82, 2.24) is 4.90 Å². The Hall–Kier alpha value is -1.68. The van der Waals surface area contributed by atoms with E-state index in [4.69, 9.17) is 4.74 Å². The number of hydrogen-bond acceptors (Lipinski definition) is 3. The number of likely N-dealkylation sites (tertiary alicyclic amines) is 1. The fraction of sp³-hybridized carbons (Fsp3) is 0.500. The molecular formula is C16H21NO3.